The fraction of sp³-hybridized carbons (Fsp3) is 0.600. The molecule has 0 spiro atoms. The zero-order valence-corrected chi connectivity index (χ0v) is 17.6. The molecule has 2 aromatic heterocycles. The Morgan fingerprint density at radius 3 is 2.88 bits per heavy atom. The molecule has 1 atom stereocenters. The summed E-state index contributed by atoms with van der Waals surface area (Å²) in [6.07, 6.45) is 4.27. The average Bonchev–Trinajstić information content (AvgIpc) is 3.16. The molecular weight excluding hydrogens is 362 g/mol. The normalized spacial score (nSPS) is 20.5. The highest BCUT2D eigenvalue weighted by Crippen LogP contribution is 2.40. The molecule has 0 saturated heterocycles. The van der Waals surface area contributed by atoms with Crippen LogP contribution in [-0.2, 0) is 25.8 Å². The highest BCUT2D eigenvalue weighted by atomic mass is 32.1. The zero-order valence-electron chi connectivity index (χ0n) is 16.0. The van der Waals surface area contributed by atoms with E-state index in [9.17, 15) is 4.79 Å². The van der Waals surface area contributed by atoms with Crippen LogP contribution in [0.15, 0.2) is 5.38 Å². The summed E-state index contributed by atoms with van der Waals surface area (Å²) in [7, 11) is 2.13. The Bertz CT molecular complexity index is 831. The van der Waals surface area contributed by atoms with E-state index in [4.69, 9.17) is 0 Å². The van der Waals surface area contributed by atoms with Crippen LogP contribution < -0.4 is 5.32 Å². The van der Waals surface area contributed by atoms with E-state index in [-0.39, 0.29) is 5.91 Å². The lowest BCUT2D eigenvalue weighted by Crippen LogP contribution is -2.27. The molecule has 26 heavy (non-hydrogen) atoms. The number of thiazole rings is 1. The van der Waals surface area contributed by atoms with Crippen molar-refractivity contribution in [1.82, 2.24) is 9.88 Å². The standard InChI is InChI=1S/C20H27N3OS2/c1-20(2,3)12-5-6-13-14(11-25-16(13)9-12)18(24)22-19-21-15-7-8-23(4)10-17(15)26-19/h11-12H,5-10H2,1-4H3,(H,21,22,24). The van der Waals surface area contributed by atoms with Crippen molar-refractivity contribution in [3.8, 4) is 0 Å². The Balaban J connectivity index is 1.50. The lowest BCUT2D eigenvalue weighted by Gasteiger charge is -2.34. The average molecular weight is 390 g/mol. The molecule has 2 aliphatic rings. The Hall–Kier alpha value is -1.24. The van der Waals surface area contributed by atoms with Gasteiger partial charge in [0.2, 0.25) is 0 Å². The summed E-state index contributed by atoms with van der Waals surface area (Å²) in [6.45, 7) is 8.95. The maximum atomic E-state index is 12.9. The molecule has 0 bridgehead atoms. The number of hydrogen-bond donors (Lipinski definition) is 1. The summed E-state index contributed by atoms with van der Waals surface area (Å²) >= 11 is 3.38. The number of fused-ring (bicyclic) bond motifs is 2. The highest BCUT2D eigenvalue weighted by molar-refractivity contribution is 7.16. The van der Waals surface area contributed by atoms with Crippen molar-refractivity contribution in [3.05, 3.63) is 32.0 Å². The van der Waals surface area contributed by atoms with Crippen molar-refractivity contribution in [2.75, 3.05) is 18.9 Å². The predicted octanol–water partition coefficient (Wildman–Crippen LogP) is 4.60. The SMILES string of the molecule is CN1CCc2nc(NC(=O)c3csc4c3CCC(C(C)(C)C)C4)sc2C1. The monoisotopic (exact) mass is 389 g/mol. The number of nitrogens with zero attached hydrogens (tertiary/aromatic N) is 2. The van der Waals surface area contributed by atoms with Crippen LogP contribution in [-0.4, -0.2) is 29.4 Å². The van der Waals surface area contributed by atoms with E-state index in [0.29, 0.717) is 11.3 Å². The predicted molar refractivity (Wildman–Crippen MR) is 109 cm³/mol. The topological polar surface area (TPSA) is 45.2 Å². The van der Waals surface area contributed by atoms with Gasteiger partial charge < -0.3 is 4.90 Å². The largest absolute Gasteiger partial charge is 0.301 e. The van der Waals surface area contributed by atoms with Gasteiger partial charge in [-0.2, -0.15) is 0 Å². The molecule has 3 heterocycles. The van der Waals surface area contributed by atoms with Crippen LogP contribution in [0.2, 0.25) is 0 Å². The summed E-state index contributed by atoms with van der Waals surface area (Å²) in [4.78, 5) is 22.5. The smallest absolute Gasteiger partial charge is 0.258 e. The van der Waals surface area contributed by atoms with Crippen molar-refractivity contribution < 1.29 is 4.79 Å². The van der Waals surface area contributed by atoms with Crippen LogP contribution in [0.25, 0.3) is 0 Å². The van der Waals surface area contributed by atoms with E-state index in [1.807, 2.05) is 5.38 Å². The molecule has 4 nitrogen and oxygen atoms in total. The third-order valence-corrected chi connectivity index (χ3v) is 7.82. The van der Waals surface area contributed by atoms with Gasteiger partial charge in [0.15, 0.2) is 5.13 Å². The number of amides is 1. The highest BCUT2D eigenvalue weighted by Gasteiger charge is 2.32. The number of carbonyl (C=O) groups is 1. The van der Waals surface area contributed by atoms with Gasteiger partial charge in [-0.05, 0) is 43.2 Å². The van der Waals surface area contributed by atoms with Gasteiger partial charge in [-0.25, -0.2) is 4.98 Å². The minimum atomic E-state index is 0.0103. The van der Waals surface area contributed by atoms with Crippen molar-refractivity contribution in [2.45, 2.75) is 53.0 Å². The van der Waals surface area contributed by atoms with Crippen LogP contribution in [0.3, 0.4) is 0 Å². The Labute approximate surface area is 163 Å². The quantitative estimate of drug-likeness (QED) is 0.817. The number of rotatable bonds is 2. The van der Waals surface area contributed by atoms with E-state index in [1.165, 1.54) is 21.7 Å². The molecule has 6 heteroatoms. The third-order valence-electron chi connectivity index (χ3n) is 5.77. The minimum Gasteiger partial charge on any atom is -0.301 e. The lowest BCUT2D eigenvalue weighted by atomic mass is 9.72. The second-order valence-corrected chi connectivity index (χ2v) is 10.7. The molecule has 0 radical (unpaired) electrons. The second kappa shape index (κ2) is 6.73. The summed E-state index contributed by atoms with van der Waals surface area (Å²) in [6, 6.07) is 0. The molecule has 1 aliphatic heterocycles. The molecule has 140 valence electrons. The Morgan fingerprint density at radius 1 is 1.31 bits per heavy atom. The number of nitrogens with one attached hydrogen (secondary N) is 1. The summed E-state index contributed by atoms with van der Waals surface area (Å²) < 4.78 is 0. The van der Waals surface area contributed by atoms with Crippen LogP contribution in [0, 0.1) is 11.3 Å². The van der Waals surface area contributed by atoms with Gasteiger partial charge in [-0.3, -0.25) is 10.1 Å². The van der Waals surface area contributed by atoms with Gasteiger partial charge in [0.25, 0.3) is 5.91 Å². The lowest BCUT2D eigenvalue weighted by molar-refractivity contribution is 0.102. The molecule has 0 fully saturated rings. The van der Waals surface area contributed by atoms with Gasteiger partial charge in [0, 0.05) is 34.6 Å². The summed E-state index contributed by atoms with van der Waals surface area (Å²) in [5.74, 6) is 0.711. The number of anilines is 1. The fourth-order valence-corrected chi connectivity index (χ4v) is 6.23. The van der Waals surface area contributed by atoms with Crippen LogP contribution in [0.5, 0.6) is 0 Å². The number of thiophene rings is 1. The number of carbonyl (C=O) groups excluding carboxylic acids is 1. The summed E-state index contributed by atoms with van der Waals surface area (Å²) in [5, 5.41) is 5.86. The molecule has 1 N–H and O–H groups in total. The van der Waals surface area contributed by atoms with Crippen molar-refractivity contribution in [3.63, 3.8) is 0 Å². The fourth-order valence-electron chi connectivity index (χ4n) is 3.98. The molecule has 1 aliphatic carbocycles. The van der Waals surface area contributed by atoms with Crippen molar-refractivity contribution in [2.24, 2.45) is 11.3 Å². The zero-order chi connectivity index (χ0) is 18.5. The molecule has 2 aromatic rings. The number of hydrogen-bond acceptors (Lipinski definition) is 5. The van der Waals surface area contributed by atoms with Gasteiger partial charge >= 0.3 is 0 Å². The molecule has 4 rings (SSSR count). The molecular formula is C20H27N3OS2. The Kier molecular flexibility index (Phi) is 4.70. The van der Waals surface area contributed by atoms with Gasteiger partial charge in [0.05, 0.1) is 11.3 Å². The van der Waals surface area contributed by atoms with E-state index in [2.05, 4.69) is 43.0 Å². The van der Waals surface area contributed by atoms with E-state index >= 15 is 0 Å². The van der Waals surface area contributed by atoms with Gasteiger partial charge in [0.1, 0.15) is 0 Å². The number of aromatic nitrogens is 1. The van der Waals surface area contributed by atoms with Gasteiger partial charge in [-0.15, -0.1) is 22.7 Å². The van der Waals surface area contributed by atoms with Crippen LogP contribution in [0.4, 0.5) is 5.13 Å². The van der Waals surface area contributed by atoms with E-state index in [0.717, 1.165) is 48.7 Å². The van der Waals surface area contributed by atoms with Crippen molar-refractivity contribution >= 4 is 33.7 Å². The van der Waals surface area contributed by atoms with Crippen molar-refractivity contribution in [1.29, 1.82) is 0 Å². The second-order valence-electron chi connectivity index (χ2n) is 8.69. The minimum absolute atomic E-state index is 0.0103. The summed E-state index contributed by atoms with van der Waals surface area (Å²) in [5.41, 5.74) is 3.62. The first-order valence-corrected chi connectivity index (χ1v) is 11.1. The molecule has 0 aromatic carbocycles. The first kappa shape index (κ1) is 18.1. The molecule has 1 amide bonds. The molecule has 1 unspecified atom stereocenters. The van der Waals surface area contributed by atoms with Crippen LogP contribution >= 0.6 is 22.7 Å². The van der Waals surface area contributed by atoms with E-state index in [1.54, 1.807) is 22.7 Å². The maximum Gasteiger partial charge on any atom is 0.258 e. The molecule has 0 saturated carbocycles. The van der Waals surface area contributed by atoms with E-state index < -0.39 is 0 Å². The third kappa shape index (κ3) is 3.47. The maximum absolute atomic E-state index is 12.9. The van der Waals surface area contributed by atoms with Crippen LogP contribution in [0.1, 0.15) is 58.6 Å². The van der Waals surface area contributed by atoms with Gasteiger partial charge in [-0.1, -0.05) is 20.8 Å². The number of likely N-dealkylation sites (N-methyl/N-ethyl adjacent to an activating group) is 1. The first-order valence-electron chi connectivity index (χ1n) is 9.39. The first-order chi connectivity index (χ1) is 12.3. The Morgan fingerprint density at radius 2 is 2.12 bits per heavy atom.